The third-order valence-electron chi connectivity index (χ3n) is 10.1. The van der Waals surface area contributed by atoms with Crippen LogP contribution >= 0.6 is 22.7 Å². The van der Waals surface area contributed by atoms with Crippen LogP contribution in [-0.4, -0.2) is 81.8 Å². The molecule has 0 radical (unpaired) electrons. The number of nitrogens with one attached hydrogen (secondary N) is 4. The molecule has 52 heavy (non-hydrogen) atoms. The van der Waals surface area contributed by atoms with Crippen LogP contribution in [0.4, 0.5) is 0 Å². The van der Waals surface area contributed by atoms with Crippen LogP contribution in [0.2, 0.25) is 0 Å². The summed E-state index contributed by atoms with van der Waals surface area (Å²) in [5.41, 5.74) is 0.410. The molecule has 8 bridgehead atoms. The molecule has 14 nitrogen and oxygen atoms in total. The summed E-state index contributed by atoms with van der Waals surface area (Å²) < 4.78 is 12.3. The Hall–Kier alpha value is -3.92. The quantitative estimate of drug-likeness (QED) is 0.330. The highest BCUT2D eigenvalue weighted by atomic mass is 32.1. The standard InChI is InChI=1S/C36H52N8O6S2/c1-11-17(7)25-33-43-27(19(9)49-33)31(47)39-24(16(5)6)36-38-22(14-52-36)30(46)42-26(18(8)12-2)34-44-28(20(10)50-34)32(48)40-23(15(3)4)35-37-21(13-51-35)29(45)41-25/h13-20,23-28H,11-12H2,1-10H3,(H,39,47)(H,40,48)(H,41,45)(H,42,46)/t17-,18+,19-,20-,23-,24-,25-,26+,27+,28+/m1/s1. The van der Waals surface area contributed by atoms with Gasteiger partial charge in [0.05, 0.1) is 12.1 Å². The Morgan fingerprint density at radius 2 is 0.981 bits per heavy atom. The molecule has 2 aromatic heterocycles. The van der Waals surface area contributed by atoms with E-state index in [4.69, 9.17) is 19.5 Å². The molecular formula is C36H52N8O6S2. The molecule has 0 aromatic carbocycles. The van der Waals surface area contributed by atoms with E-state index in [1.54, 1.807) is 24.6 Å². The van der Waals surface area contributed by atoms with Gasteiger partial charge in [-0.05, 0) is 37.5 Å². The Kier molecular flexibility index (Phi) is 12.4. The van der Waals surface area contributed by atoms with Crippen molar-refractivity contribution >= 4 is 58.1 Å². The number of aliphatic imine (C=N–C) groups is 2. The van der Waals surface area contributed by atoms with Crippen molar-refractivity contribution in [2.75, 3.05) is 0 Å². The van der Waals surface area contributed by atoms with Crippen LogP contribution in [0.15, 0.2) is 20.7 Å². The van der Waals surface area contributed by atoms with Crippen LogP contribution in [0, 0.1) is 23.7 Å². The van der Waals surface area contributed by atoms with Crippen LogP contribution in [0.25, 0.3) is 0 Å². The molecule has 0 aliphatic carbocycles. The Morgan fingerprint density at radius 1 is 0.615 bits per heavy atom. The summed E-state index contributed by atoms with van der Waals surface area (Å²) in [4.78, 5) is 73.7. The molecule has 10 atom stereocenters. The maximum absolute atomic E-state index is 13.8. The summed E-state index contributed by atoms with van der Waals surface area (Å²) in [6.45, 7) is 19.4. The molecular weight excluding hydrogens is 705 g/mol. The third-order valence-corrected chi connectivity index (χ3v) is 11.9. The smallest absolute Gasteiger partial charge is 0.271 e. The van der Waals surface area contributed by atoms with Crippen molar-refractivity contribution in [3.05, 3.63) is 32.2 Å². The van der Waals surface area contributed by atoms with Gasteiger partial charge in [-0.1, -0.05) is 68.2 Å². The fraction of sp³-hybridized carbons (Fsp3) is 0.667. The molecule has 0 spiro atoms. The topological polar surface area (TPSA) is 185 Å². The van der Waals surface area contributed by atoms with Crippen molar-refractivity contribution in [1.82, 2.24) is 31.2 Å². The predicted octanol–water partition coefficient (Wildman–Crippen LogP) is 4.60. The summed E-state index contributed by atoms with van der Waals surface area (Å²) in [6, 6.07) is -3.92. The van der Waals surface area contributed by atoms with Gasteiger partial charge in [-0.15, -0.1) is 22.7 Å². The first-order valence-electron chi connectivity index (χ1n) is 18.2. The number of rotatable bonds is 6. The Morgan fingerprint density at radius 3 is 1.31 bits per heavy atom. The van der Waals surface area contributed by atoms with Crippen molar-refractivity contribution in [1.29, 1.82) is 0 Å². The van der Waals surface area contributed by atoms with Gasteiger partial charge >= 0.3 is 0 Å². The first kappa shape index (κ1) is 39.3. The second-order valence-electron chi connectivity index (χ2n) is 14.7. The lowest BCUT2D eigenvalue weighted by atomic mass is 9.98. The third kappa shape index (κ3) is 8.32. The summed E-state index contributed by atoms with van der Waals surface area (Å²) in [5.74, 6) is -1.19. The van der Waals surface area contributed by atoms with Gasteiger partial charge in [-0.2, -0.15) is 0 Å². The molecule has 0 saturated carbocycles. The second kappa shape index (κ2) is 16.4. The number of fused-ring (bicyclic) bond motifs is 6. The molecule has 4 amide bonds. The predicted molar refractivity (Wildman–Crippen MR) is 201 cm³/mol. The molecule has 16 heteroatoms. The SMILES string of the molecule is CC[C@@H](C)[C@H]1NC(=O)c2csc(n2)[C@@H](C(C)C)NC(=O)[C@H]2N=C(O[C@@H]2C)[C@H]([C@@H](C)CC)NC(=O)c2csc(n2)[C@@H](C(C)C)NC(=O)[C@H]2N=C1O[C@@H]2C. The summed E-state index contributed by atoms with van der Waals surface area (Å²) >= 11 is 2.57. The van der Waals surface area contributed by atoms with E-state index in [1.807, 2.05) is 55.4 Å². The van der Waals surface area contributed by atoms with E-state index in [0.29, 0.717) is 22.9 Å². The Labute approximate surface area is 313 Å². The van der Waals surface area contributed by atoms with Crippen LogP contribution < -0.4 is 21.3 Å². The lowest BCUT2D eigenvalue weighted by molar-refractivity contribution is -0.125. The molecule has 4 N–H and O–H groups in total. The Balaban J connectivity index is 1.55. The zero-order valence-electron chi connectivity index (χ0n) is 31.6. The minimum Gasteiger partial charge on any atom is -0.474 e. The molecule has 3 aliphatic heterocycles. The molecule has 0 unspecified atom stereocenters. The van der Waals surface area contributed by atoms with E-state index >= 15 is 0 Å². The number of hydrogen-bond acceptors (Lipinski definition) is 12. The first-order chi connectivity index (χ1) is 24.6. The van der Waals surface area contributed by atoms with Gasteiger partial charge in [0.25, 0.3) is 11.8 Å². The lowest BCUT2D eigenvalue weighted by Gasteiger charge is -2.24. The van der Waals surface area contributed by atoms with E-state index in [-0.39, 0.29) is 58.7 Å². The number of hydrogen-bond donors (Lipinski definition) is 4. The number of amides is 4. The number of carbonyl (C=O) groups is 4. The summed E-state index contributed by atoms with van der Waals surface area (Å²) in [6.07, 6.45) is 0.257. The van der Waals surface area contributed by atoms with E-state index in [0.717, 1.165) is 0 Å². The molecule has 5 rings (SSSR count). The van der Waals surface area contributed by atoms with Crippen molar-refractivity contribution in [3.8, 4) is 0 Å². The molecule has 3 aliphatic rings. The van der Waals surface area contributed by atoms with Crippen molar-refractivity contribution in [3.63, 3.8) is 0 Å². The van der Waals surface area contributed by atoms with E-state index in [1.165, 1.54) is 22.7 Å². The van der Waals surface area contributed by atoms with Gasteiger partial charge in [0.2, 0.25) is 23.6 Å². The van der Waals surface area contributed by atoms with Crippen molar-refractivity contribution in [2.24, 2.45) is 33.7 Å². The molecule has 284 valence electrons. The first-order valence-corrected chi connectivity index (χ1v) is 20.0. The zero-order chi connectivity index (χ0) is 38.0. The number of carbonyl (C=O) groups excluding carboxylic acids is 4. The molecule has 0 fully saturated rings. The largest absolute Gasteiger partial charge is 0.474 e. The fourth-order valence-electron chi connectivity index (χ4n) is 6.28. The maximum atomic E-state index is 13.8. The average Bonchev–Trinajstić information content (AvgIpc) is 3.92. The van der Waals surface area contributed by atoms with Gasteiger partial charge in [0.1, 0.15) is 45.7 Å². The monoisotopic (exact) mass is 756 g/mol. The van der Waals surface area contributed by atoms with Crippen LogP contribution in [0.3, 0.4) is 0 Å². The van der Waals surface area contributed by atoms with Crippen molar-refractivity contribution in [2.45, 2.75) is 131 Å². The highest BCUT2D eigenvalue weighted by Crippen LogP contribution is 2.30. The summed E-state index contributed by atoms with van der Waals surface area (Å²) in [5, 5.41) is 16.8. The van der Waals surface area contributed by atoms with Gasteiger partial charge in [-0.25, -0.2) is 20.0 Å². The number of ether oxygens (including phenoxy) is 2. The minimum absolute atomic E-state index is 0.0604. The van der Waals surface area contributed by atoms with Gasteiger partial charge in [0.15, 0.2) is 12.1 Å². The van der Waals surface area contributed by atoms with Crippen LogP contribution in [0.5, 0.6) is 0 Å². The molecule has 5 heterocycles. The lowest BCUT2D eigenvalue weighted by Crippen LogP contribution is -2.46. The number of nitrogens with zero attached hydrogens (tertiary/aromatic N) is 4. The van der Waals surface area contributed by atoms with Crippen molar-refractivity contribution < 1.29 is 28.7 Å². The number of aromatic nitrogens is 2. The van der Waals surface area contributed by atoms with Gasteiger partial charge < -0.3 is 30.7 Å². The second-order valence-corrected chi connectivity index (χ2v) is 16.5. The van der Waals surface area contributed by atoms with Gasteiger partial charge in [0, 0.05) is 10.8 Å². The molecule has 2 aromatic rings. The van der Waals surface area contributed by atoms with E-state index in [9.17, 15) is 19.2 Å². The maximum Gasteiger partial charge on any atom is 0.271 e. The van der Waals surface area contributed by atoms with Gasteiger partial charge in [-0.3, -0.25) is 19.2 Å². The zero-order valence-corrected chi connectivity index (χ0v) is 33.2. The molecule has 0 saturated heterocycles. The number of thiazole rings is 2. The Bertz CT molecular complexity index is 1580. The van der Waals surface area contributed by atoms with E-state index < -0.39 is 60.3 Å². The highest BCUT2D eigenvalue weighted by Gasteiger charge is 2.42. The summed E-state index contributed by atoms with van der Waals surface area (Å²) in [7, 11) is 0. The minimum atomic E-state index is -0.857. The fourth-order valence-corrected chi connectivity index (χ4v) is 8.32. The van der Waals surface area contributed by atoms with Crippen LogP contribution in [-0.2, 0) is 19.1 Å². The van der Waals surface area contributed by atoms with Crippen LogP contribution in [0.1, 0.15) is 125 Å². The average molecular weight is 757 g/mol. The van der Waals surface area contributed by atoms with E-state index in [2.05, 4.69) is 31.2 Å². The normalized spacial score (nSPS) is 29.8. The highest BCUT2D eigenvalue weighted by molar-refractivity contribution is 7.10.